The molecule has 1 aliphatic rings. The van der Waals surface area contributed by atoms with Gasteiger partial charge in [0.2, 0.25) is 5.75 Å². The summed E-state index contributed by atoms with van der Waals surface area (Å²) < 4.78 is 11.6. The molecule has 0 saturated carbocycles. The van der Waals surface area contributed by atoms with Crippen LogP contribution in [0.2, 0.25) is 5.15 Å². The van der Waals surface area contributed by atoms with Gasteiger partial charge in [0.15, 0.2) is 5.15 Å². The van der Waals surface area contributed by atoms with E-state index in [9.17, 15) is 4.79 Å². The highest BCUT2D eigenvalue weighted by Crippen LogP contribution is 2.20. The minimum absolute atomic E-state index is 0.0381. The summed E-state index contributed by atoms with van der Waals surface area (Å²) in [6.07, 6.45) is 2.25. The van der Waals surface area contributed by atoms with E-state index in [4.69, 9.17) is 21.1 Å². The Kier molecular flexibility index (Phi) is 2.93. The van der Waals surface area contributed by atoms with Gasteiger partial charge in [-0.1, -0.05) is 11.6 Å². The smallest absolute Gasteiger partial charge is 0.297 e. The van der Waals surface area contributed by atoms with Gasteiger partial charge in [-0.25, -0.2) is 4.98 Å². The predicted octanol–water partition coefficient (Wildman–Crippen LogP) is 0.867. The molecule has 1 saturated heterocycles. The molecule has 6 heteroatoms. The van der Waals surface area contributed by atoms with E-state index in [0.29, 0.717) is 13.2 Å². The molecule has 1 aliphatic heterocycles. The second kappa shape index (κ2) is 4.20. The van der Waals surface area contributed by atoms with Crippen LogP contribution in [-0.4, -0.2) is 29.9 Å². The van der Waals surface area contributed by atoms with Gasteiger partial charge in [0.25, 0.3) is 5.56 Å². The molecule has 0 aromatic carbocycles. The normalized spacial score (nSPS) is 20.5. The number of aromatic nitrogens is 2. The molecule has 5 nitrogen and oxygen atoms in total. The van der Waals surface area contributed by atoms with Crippen LogP contribution in [-0.2, 0) is 4.74 Å². The molecule has 1 aromatic heterocycles. The van der Waals surface area contributed by atoms with E-state index in [0.717, 1.165) is 6.42 Å². The molecule has 2 heterocycles. The van der Waals surface area contributed by atoms with E-state index in [-0.39, 0.29) is 22.5 Å². The fourth-order valence-corrected chi connectivity index (χ4v) is 1.80. The molecule has 0 radical (unpaired) electrons. The lowest BCUT2D eigenvalue weighted by Gasteiger charge is -2.12. The van der Waals surface area contributed by atoms with Crippen molar-refractivity contribution in [1.29, 1.82) is 0 Å². The number of ether oxygens (including phenoxy) is 2. The highest BCUT2D eigenvalue weighted by Gasteiger charge is 2.21. The molecule has 2 rings (SSSR count). The molecular weight excluding hydrogens is 220 g/mol. The van der Waals surface area contributed by atoms with Crippen LogP contribution in [0, 0.1) is 0 Å². The van der Waals surface area contributed by atoms with Gasteiger partial charge in [0.1, 0.15) is 0 Å². The monoisotopic (exact) mass is 230 g/mol. The molecule has 0 N–H and O–H groups in total. The lowest BCUT2D eigenvalue weighted by Crippen LogP contribution is -2.26. The second-order valence-corrected chi connectivity index (χ2v) is 3.66. The number of nitrogens with zero attached hydrogens (tertiary/aromatic N) is 2. The van der Waals surface area contributed by atoms with Crippen LogP contribution in [0.5, 0.6) is 5.75 Å². The minimum Gasteiger partial charge on any atom is -0.489 e. The van der Waals surface area contributed by atoms with Crippen molar-refractivity contribution in [2.75, 3.05) is 20.3 Å². The average Bonchev–Trinajstić information content (AvgIpc) is 2.71. The Hall–Kier alpha value is -1.07. The molecular formula is C9H11ClN2O3. The maximum atomic E-state index is 11.9. The van der Waals surface area contributed by atoms with Gasteiger partial charge in [-0.05, 0) is 6.42 Å². The number of hydrogen-bond acceptors (Lipinski definition) is 4. The number of hydrogen-bond donors (Lipinski definition) is 0. The van der Waals surface area contributed by atoms with Gasteiger partial charge in [0.05, 0.1) is 26.1 Å². The highest BCUT2D eigenvalue weighted by molar-refractivity contribution is 6.30. The Morgan fingerprint density at radius 3 is 3.13 bits per heavy atom. The van der Waals surface area contributed by atoms with Crippen LogP contribution < -0.4 is 10.3 Å². The van der Waals surface area contributed by atoms with Gasteiger partial charge in [-0.2, -0.15) is 0 Å². The summed E-state index contributed by atoms with van der Waals surface area (Å²) in [5, 5.41) is 0.0951. The summed E-state index contributed by atoms with van der Waals surface area (Å²) in [5.41, 5.74) is -0.256. The Bertz CT molecular complexity index is 412. The van der Waals surface area contributed by atoms with Crippen molar-refractivity contribution in [3.05, 3.63) is 21.8 Å². The SMILES string of the molecule is COc1c(Cl)ncn(C2CCOC2)c1=O. The van der Waals surface area contributed by atoms with Gasteiger partial charge >= 0.3 is 0 Å². The fourth-order valence-electron chi connectivity index (χ4n) is 1.60. The van der Waals surface area contributed by atoms with Crippen LogP contribution in [0.4, 0.5) is 0 Å². The molecule has 82 valence electrons. The third kappa shape index (κ3) is 1.85. The van der Waals surface area contributed by atoms with Gasteiger partial charge < -0.3 is 9.47 Å². The quantitative estimate of drug-likeness (QED) is 0.708. The molecule has 0 amide bonds. The van der Waals surface area contributed by atoms with E-state index in [2.05, 4.69) is 4.98 Å². The van der Waals surface area contributed by atoms with Crippen LogP contribution in [0.3, 0.4) is 0 Å². The minimum atomic E-state index is -0.256. The van der Waals surface area contributed by atoms with Crippen molar-refractivity contribution in [3.63, 3.8) is 0 Å². The lowest BCUT2D eigenvalue weighted by atomic mass is 10.2. The van der Waals surface area contributed by atoms with Gasteiger partial charge in [-0.15, -0.1) is 0 Å². The zero-order chi connectivity index (χ0) is 10.8. The van der Waals surface area contributed by atoms with Crippen LogP contribution in [0.15, 0.2) is 11.1 Å². The standard InChI is InChI=1S/C9H11ClN2O3/c1-14-7-8(10)11-5-12(9(7)13)6-2-3-15-4-6/h5-6H,2-4H2,1H3. The zero-order valence-electron chi connectivity index (χ0n) is 8.27. The molecule has 0 aliphatic carbocycles. The molecule has 1 atom stereocenters. The molecule has 1 unspecified atom stereocenters. The van der Waals surface area contributed by atoms with Crippen LogP contribution in [0.25, 0.3) is 0 Å². The van der Waals surface area contributed by atoms with Crippen molar-refractivity contribution in [3.8, 4) is 5.75 Å². The largest absolute Gasteiger partial charge is 0.489 e. The zero-order valence-corrected chi connectivity index (χ0v) is 9.03. The van der Waals surface area contributed by atoms with Gasteiger partial charge in [0, 0.05) is 6.61 Å². The topological polar surface area (TPSA) is 53.4 Å². The summed E-state index contributed by atoms with van der Waals surface area (Å²) in [5.74, 6) is 0.0890. The highest BCUT2D eigenvalue weighted by atomic mass is 35.5. The first-order chi connectivity index (χ1) is 7.24. The number of halogens is 1. The van der Waals surface area contributed by atoms with E-state index in [1.165, 1.54) is 18.0 Å². The summed E-state index contributed by atoms with van der Waals surface area (Å²) >= 11 is 5.73. The first-order valence-corrected chi connectivity index (χ1v) is 5.00. The summed E-state index contributed by atoms with van der Waals surface area (Å²) in [6.45, 7) is 1.20. The lowest BCUT2D eigenvalue weighted by molar-refractivity contribution is 0.185. The van der Waals surface area contributed by atoms with E-state index >= 15 is 0 Å². The van der Waals surface area contributed by atoms with Crippen molar-refractivity contribution >= 4 is 11.6 Å². The fraction of sp³-hybridized carbons (Fsp3) is 0.556. The molecule has 0 bridgehead atoms. The summed E-state index contributed by atoms with van der Waals surface area (Å²) in [6, 6.07) is 0.0381. The van der Waals surface area contributed by atoms with Crippen LogP contribution in [0.1, 0.15) is 12.5 Å². The first-order valence-electron chi connectivity index (χ1n) is 4.62. The first kappa shape index (κ1) is 10.4. The Morgan fingerprint density at radius 1 is 1.73 bits per heavy atom. The van der Waals surface area contributed by atoms with E-state index in [1.807, 2.05) is 0 Å². The van der Waals surface area contributed by atoms with Crippen molar-refractivity contribution in [1.82, 2.24) is 9.55 Å². The maximum Gasteiger partial charge on any atom is 0.297 e. The Morgan fingerprint density at radius 2 is 2.53 bits per heavy atom. The van der Waals surface area contributed by atoms with Crippen molar-refractivity contribution in [2.24, 2.45) is 0 Å². The number of methoxy groups -OCH3 is 1. The van der Waals surface area contributed by atoms with Crippen molar-refractivity contribution < 1.29 is 9.47 Å². The second-order valence-electron chi connectivity index (χ2n) is 3.30. The molecule has 1 fully saturated rings. The molecule has 15 heavy (non-hydrogen) atoms. The Labute approximate surface area is 91.6 Å². The third-order valence-electron chi connectivity index (χ3n) is 2.41. The molecule has 0 spiro atoms. The third-order valence-corrected chi connectivity index (χ3v) is 2.68. The van der Waals surface area contributed by atoms with Gasteiger partial charge in [-0.3, -0.25) is 9.36 Å². The maximum absolute atomic E-state index is 11.9. The van der Waals surface area contributed by atoms with E-state index < -0.39 is 0 Å². The average molecular weight is 231 g/mol. The molecule has 1 aromatic rings. The van der Waals surface area contributed by atoms with Crippen LogP contribution >= 0.6 is 11.6 Å². The number of rotatable bonds is 2. The summed E-state index contributed by atoms with van der Waals surface area (Å²) in [4.78, 5) is 15.8. The van der Waals surface area contributed by atoms with E-state index in [1.54, 1.807) is 0 Å². The summed E-state index contributed by atoms with van der Waals surface area (Å²) in [7, 11) is 1.40. The van der Waals surface area contributed by atoms with Crippen molar-refractivity contribution in [2.45, 2.75) is 12.5 Å². The predicted molar refractivity (Wildman–Crippen MR) is 54.5 cm³/mol. The Balaban J connectivity index is 2.44.